The Bertz CT molecular complexity index is 1250. The summed E-state index contributed by atoms with van der Waals surface area (Å²) in [5.41, 5.74) is 4.43. The Balaban J connectivity index is 1.16. The summed E-state index contributed by atoms with van der Waals surface area (Å²) in [5, 5.41) is 4.90. The van der Waals surface area contributed by atoms with E-state index in [1.54, 1.807) is 29.2 Å². The highest BCUT2D eigenvalue weighted by Crippen LogP contribution is 2.60. The van der Waals surface area contributed by atoms with Crippen LogP contribution >= 0.6 is 0 Å². The highest BCUT2D eigenvalue weighted by molar-refractivity contribution is 6.05. The number of hydrazine groups is 1. The van der Waals surface area contributed by atoms with Crippen LogP contribution in [0.3, 0.4) is 0 Å². The molecule has 0 radical (unpaired) electrons. The minimum atomic E-state index is -0.609. The molecule has 184 valence electrons. The van der Waals surface area contributed by atoms with Gasteiger partial charge in [-0.15, -0.1) is 0 Å². The molecule has 0 unspecified atom stereocenters. The van der Waals surface area contributed by atoms with E-state index in [-0.39, 0.29) is 28.5 Å². The Labute approximate surface area is 203 Å². The number of carbonyl (C=O) groups is 3. The third-order valence-corrected chi connectivity index (χ3v) is 8.78. The second-order valence-corrected chi connectivity index (χ2v) is 11.1. The van der Waals surface area contributed by atoms with Gasteiger partial charge in [-0.1, -0.05) is 18.2 Å². The normalized spacial score (nSPS) is 31.1. The second-order valence-electron chi connectivity index (χ2n) is 11.1. The van der Waals surface area contributed by atoms with Crippen molar-refractivity contribution in [3.05, 3.63) is 40.3 Å². The van der Waals surface area contributed by atoms with Gasteiger partial charge in [0.1, 0.15) is 6.04 Å². The summed E-state index contributed by atoms with van der Waals surface area (Å²) in [7, 11) is 1.48. The first-order valence-electron chi connectivity index (χ1n) is 12.7. The average molecular weight is 478 g/mol. The van der Waals surface area contributed by atoms with Gasteiger partial charge in [0.05, 0.1) is 10.8 Å². The monoisotopic (exact) mass is 477 g/mol. The predicted octanol–water partition coefficient (Wildman–Crippen LogP) is 1.90. The van der Waals surface area contributed by atoms with E-state index in [0.29, 0.717) is 41.5 Å². The molecule has 4 saturated carbocycles. The van der Waals surface area contributed by atoms with Crippen molar-refractivity contribution in [1.82, 2.24) is 25.5 Å². The SMILES string of the molecule is Cn1nc(C(=O)NNC(=O)[C@@H]2CCCN2C(=O)C23CC4CC(CC(C4)C2)C3)c2ccccc2c1=O. The number of rotatable bonds is 3. The van der Waals surface area contributed by atoms with Crippen molar-refractivity contribution in [2.45, 2.75) is 57.4 Å². The number of aromatic nitrogens is 2. The van der Waals surface area contributed by atoms with Crippen molar-refractivity contribution in [2.75, 3.05) is 6.54 Å². The first-order chi connectivity index (χ1) is 16.8. The summed E-state index contributed by atoms with van der Waals surface area (Å²) >= 11 is 0. The molecule has 1 aromatic carbocycles. The smallest absolute Gasteiger partial charge is 0.290 e. The highest BCUT2D eigenvalue weighted by Gasteiger charge is 2.56. The molecule has 7 rings (SSSR count). The lowest BCUT2D eigenvalue weighted by Crippen LogP contribution is -2.58. The van der Waals surface area contributed by atoms with Crippen LogP contribution in [0.1, 0.15) is 61.9 Å². The average Bonchev–Trinajstić information content (AvgIpc) is 3.33. The van der Waals surface area contributed by atoms with E-state index in [0.717, 1.165) is 30.4 Å². The Morgan fingerprint density at radius 1 is 0.971 bits per heavy atom. The molecule has 1 aliphatic heterocycles. The number of hydrogen-bond acceptors (Lipinski definition) is 5. The van der Waals surface area contributed by atoms with Crippen LogP contribution in [0.2, 0.25) is 0 Å². The van der Waals surface area contributed by atoms with E-state index >= 15 is 0 Å². The highest BCUT2D eigenvalue weighted by atomic mass is 16.2. The van der Waals surface area contributed by atoms with Gasteiger partial charge in [0.25, 0.3) is 17.4 Å². The molecule has 9 heteroatoms. The predicted molar refractivity (Wildman–Crippen MR) is 128 cm³/mol. The molecule has 35 heavy (non-hydrogen) atoms. The van der Waals surface area contributed by atoms with Crippen LogP contribution in [-0.2, 0) is 16.6 Å². The zero-order valence-electron chi connectivity index (χ0n) is 20.0. The van der Waals surface area contributed by atoms with Crippen LogP contribution in [0.5, 0.6) is 0 Å². The zero-order valence-corrected chi connectivity index (χ0v) is 20.0. The van der Waals surface area contributed by atoms with Gasteiger partial charge in [-0.2, -0.15) is 5.10 Å². The summed E-state index contributed by atoms with van der Waals surface area (Å²) < 4.78 is 1.11. The molecule has 4 aliphatic carbocycles. The molecule has 0 spiro atoms. The van der Waals surface area contributed by atoms with E-state index in [1.807, 2.05) is 0 Å². The first-order valence-corrected chi connectivity index (χ1v) is 12.7. The zero-order chi connectivity index (χ0) is 24.3. The van der Waals surface area contributed by atoms with Gasteiger partial charge in [0.2, 0.25) is 5.91 Å². The van der Waals surface area contributed by atoms with Gasteiger partial charge in [0, 0.05) is 19.0 Å². The van der Waals surface area contributed by atoms with Gasteiger partial charge in [-0.3, -0.25) is 30.0 Å². The topological polar surface area (TPSA) is 113 Å². The van der Waals surface area contributed by atoms with Gasteiger partial charge in [-0.25, -0.2) is 4.68 Å². The van der Waals surface area contributed by atoms with E-state index in [9.17, 15) is 19.2 Å². The molecule has 1 saturated heterocycles. The Hall–Kier alpha value is -3.23. The summed E-state index contributed by atoms with van der Waals surface area (Å²) in [5.74, 6) is 1.12. The maximum absolute atomic E-state index is 13.8. The van der Waals surface area contributed by atoms with Crippen LogP contribution in [0.25, 0.3) is 10.8 Å². The lowest BCUT2D eigenvalue weighted by molar-refractivity contribution is -0.160. The minimum Gasteiger partial charge on any atom is -0.330 e. The molecule has 2 aromatic rings. The van der Waals surface area contributed by atoms with Crippen LogP contribution in [0, 0.1) is 23.2 Å². The van der Waals surface area contributed by atoms with Gasteiger partial charge < -0.3 is 4.90 Å². The number of nitrogens with zero attached hydrogens (tertiary/aromatic N) is 3. The Kier molecular flexibility index (Phi) is 5.19. The molecular formula is C26H31N5O4. The second kappa shape index (κ2) is 8.17. The number of nitrogens with one attached hydrogen (secondary N) is 2. The van der Waals surface area contributed by atoms with Crippen molar-refractivity contribution in [2.24, 2.45) is 30.2 Å². The largest absolute Gasteiger partial charge is 0.330 e. The third kappa shape index (κ3) is 3.63. The summed E-state index contributed by atoms with van der Waals surface area (Å²) in [6.07, 6.45) is 8.03. The fraction of sp³-hybridized carbons (Fsp3) is 0.577. The molecule has 2 N–H and O–H groups in total. The number of likely N-dealkylation sites (tertiary alicyclic amines) is 1. The van der Waals surface area contributed by atoms with Crippen LogP contribution in [-0.4, -0.2) is 45.0 Å². The number of amides is 3. The van der Waals surface area contributed by atoms with Gasteiger partial charge in [0.15, 0.2) is 5.69 Å². The molecule has 3 amide bonds. The number of hydrogen-bond donors (Lipinski definition) is 2. The van der Waals surface area contributed by atoms with Crippen LogP contribution < -0.4 is 16.4 Å². The van der Waals surface area contributed by atoms with E-state index in [2.05, 4.69) is 16.0 Å². The van der Waals surface area contributed by atoms with Gasteiger partial charge >= 0.3 is 0 Å². The number of fused-ring (bicyclic) bond motifs is 1. The fourth-order valence-corrected chi connectivity index (χ4v) is 7.69. The standard InChI is InChI=1S/C26H31N5O4/c1-30-24(34)19-6-3-2-5-18(19)21(29-30)23(33)28-27-22(32)20-7-4-8-31(20)25(35)26-12-15-9-16(13-26)11-17(10-15)14-26/h2-3,5-6,15-17,20H,4,7-14H2,1H3,(H,27,32)(H,28,33)/t15?,16?,17?,20-,26?/m0/s1. The van der Waals surface area contributed by atoms with Crippen molar-refractivity contribution in [3.63, 3.8) is 0 Å². The summed E-state index contributed by atoms with van der Waals surface area (Å²) in [6, 6.07) is 6.17. The van der Waals surface area contributed by atoms with Crippen LogP contribution in [0.4, 0.5) is 0 Å². The summed E-state index contributed by atoms with van der Waals surface area (Å²) in [4.78, 5) is 53.9. The lowest BCUT2D eigenvalue weighted by atomic mass is 9.49. The molecule has 5 aliphatic rings. The molecule has 4 bridgehead atoms. The number of carbonyl (C=O) groups excluding carboxylic acids is 3. The maximum Gasteiger partial charge on any atom is 0.290 e. The lowest BCUT2D eigenvalue weighted by Gasteiger charge is -2.56. The summed E-state index contributed by atoms with van der Waals surface area (Å²) in [6.45, 7) is 0.583. The molecule has 5 fully saturated rings. The van der Waals surface area contributed by atoms with E-state index in [4.69, 9.17) is 0 Å². The molecule has 1 aromatic heterocycles. The third-order valence-electron chi connectivity index (χ3n) is 8.78. The van der Waals surface area contributed by atoms with Crippen molar-refractivity contribution in [3.8, 4) is 0 Å². The maximum atomic E-state index is 13.8. The van der Waals surface area contributed by atoms with E-state index in [1.165, 1.54) is 26.3 Å². The van der Waals surface area contributed by atoms with Crippen molar-refractivity contribution >= 4 is 28.5 Å². The molecule has 1 atom stereocenters. The fourth-order valence-electron chi connectivity index (χ4n) is 7.69. The quantitative estimate of drug-likeness (QED) is 0.656. The van der Waals surface area contributed by atoms with Crippen molar-refractivity contribution in [1.29, 1.82) is 0 Å². The minimum absolute atomic E-state index is 0.0518. The number of aryl methyl sites for hydroxylation is 1. The Morgan fingerprint density at radius 2 is 1.60 bits per heavy atom. The molecule has 9 nitrogen and oxygen atoms in total. The van der Waals surface area contributed by atoms with Crippen molar-refractivity contribution < 1.29 is 14.4 Å². The van der Waals surface area contributed by atoms with E-state index < -0.39 is 11.9 Å². The molecule has 2 heterocycles. The first kappa shape index (κ1) is 22.2. The van der Waals surface area contributed by atoms with Gasteiger partial charge in [-0.05, 0) is 75.2 Å². The Morgan fingerprint density at radius 3 is 2.26 bits per heavy atom. The number of benzene rings is 1. The molecular weight excluding hydrogens is 446 g/mol. The van der Waals surface area contributed by atoms with Crippen LogP contribution in [0.15, 0.2) is 29.1 Å².